The maximum Gasteiger partial charge on any atom is 0.308 e. The number of carbonyl (C=O) groups is 2. The number of benzene rings is 1. The molecule has 1 aromatic rings. The molecule has 1 unspecified atom stereocenters. The molecule has 1 atom stereocenters. The van der Waals surface area contributed by atoms with Crippen molar-refractivity contribution in [2.45, 2.75) is 13.3 Å². The van der Waals surface area contributed by atoms with Gasteiger partial charge in [0.2, 0.25) is 0 Å². The Kier molecular flexibility index (Phi) is 4.81. The van der Waals surface area contributed by atoms with E-state index in [1.54, 1.807) is 13.0 Å². The minimum absolute atomic E-state index is 0.0102. The van der Waals surface area contributed by atoms with Gasteiger partial charge in [0.25, 0.3) is 0 Å². The lowest BCUT2D eigenvalue weighted by molar-refractivity contribution is -0.144. The Hall–Kier alpha value is -1.23. The summed E-state index contributed by atoms with van der Waals surface area (Å²) in [5.41, 5.74) is -0.0102. The van der Waals surface area contributed by atoms with Crippen LogP contribution in [0.5, 0.6) is 0 Å². The van der Waals surface area contributed by atoms with Gasteiger partial charge in [0.1, 0.15) is 5.82 Å². The number of hydrogen-bond donors (Lipinski definition) is 0. The number of esters is 1. The molecule has 1 rings (SSSR count). The van der Waals surface area contributed by atoms with Gasteiger partial charge in [-0.1, -0.05) is 22.9 Å². The van der Waals surface area contributed by atoms with Gasteiger partial charge in [0, 0.05) is 10.9 Å². The normalized spacial score (nSPS) is 12.0. The molecule has 3 nitrogen and oxygen atoms in total. The highest BCUT2D eigenvalue weighted by molar-refractivity contribution is 9.10. The highest BCUT2D eigenvalue weighted by atomic mass is 79.9. The number of halogens is 2. The summed E-state index contributed by atoms with van der Waals surface area (Å²) in [4.78, 5) is 22.9. The van der Waals surface area contributed by atoms with Crippen LogP contribution in [0.25, 0.3) is 0 Å². The summed E-state index contributed by atoms with van der Waals surface area (Å²) >= 11 is 3.11. The highest BCUT2D eigenvalue weighted by Crippen LogP contribution is 2.18. The van der Waals surface area contributed by atoms with Gasteiger partial charge in [-0.25, -0.2) is 4.39 Å². The van der Waals surface area contributed by atoms with Gasteiger partial charge in [-0.05, 0) is 18.2 Å². The molecular formula is C12H12BrFO3. The Bertz CT molecular complexity index is 445. The second-order valence-electron chi connectivity index (χ2n) is 3.68. The predicted octanol–water partition coefficient (Wildman–Crippen LogP) is 2.97. The predicted molar refractivity (Wildman–Crippen MR) is 64.2 cm³/mol. The molecule has 0 aliphatic heterocycles. The lowest BCUT2D eigenvalue weighted by Crippen LogP contribution is -2.17. The molecule has 92 valence electrons. The number of methoxy groups -OCH3 is 1. The van der Waals surface area contributed by atoms with Crippen LogP contribution < -0.4 is 0 Å². The maximum absolute atomic E-state index is 13.5. The molecule has 0 saturated carbocycles. The third-order valence-corrected chi connectivity index (χ3v) is 2.82. The van der Waals surface area contributed by atoms with E-state index < -0.39 is 23.5 Å². The van der Waals surface area contributed by atoms with Gasteiger partial charge in [-0.3, -0.25) is 9.59 Å². The lowest BCUT2D eigenvalue weighted by atomic mass is 9.99. The van der Waals surface area contributed by atoms with E-state index in [2.05, 4.69) is 20.7 Å². The van der Waals surface area contributed by atoms with Gasteiger partial charge in [0.15, 0.2) is 5.78 Å². The van der Waals surface area contributed by atoms with Crippen molar-refractivity contribution in [3.8, 4) is 0 Å². The SMILES string of the molecule is COC(=O)C(C)CC(=O)c1ccc(Br)cc1F. The van der Waals surface area contributed by atoms with Crippen LogP contribution >= 0.6 is 15.9 Å². The van der Waals surface area contributed by atoms with Crippen molar-refractivity contribution in [1.82, 2.24) is 0 Å². The summed E-state index contributed by atoms with van der Waals surface area (Å²) in [5, 5.41) is 0. The van der Waals surface area contributed by atoms with E-state index in [0.717, 1.165) is 0 Å². The first-order valence-corrected chi connectivity index (χ1v) is 5.81. The van der Waals surface area contributed by atoms with E-state index >= 15 is 0 Å². The standard InChI is InChI=1S/C12H12BrFO3/c1-7(12(16)17-2)5-11(15)9-4-3-8(13)6-10(9)14/h3-4,6-7H,5H2,1-2H3. The second kappa shape index (κ2) is 5.91. The number of Topliss-reactive ketones (excluding diaryl/α,β-unsaturated/α-hetero) is 1. The number of rotatable bonds is 4. The van der Waals surface area contributed by atoms with E-state index in [1.807, 2.05) is 0 Å². The van der Waals surface area contributed by atoms with Crippen LogP contribution in [0.2, 0.25) is 0 Å². The molecule has 0 heterocycles. The summed E-state index contributed by atoms with van der Waals surface area (Å²) in [6.07, 6.45) is -0.0643. The van der Waals surface area contributed by atoms with Gasteiger partial charge in [-0.2, -0.15) is 0 Å². The Labute approximate surface area is 107 Å². The average Bonchev–Trinajstić information content (AvgIpc) is 2.27. The van der Waals surface area contributed by atoms with E-state index in [1.165, 1.54) is 19.2 Å². The molecule has 0 amide bonds. The maximum atomic E-state index is 13.5. The van der Waals surface area contributed by atoms with Gasteiger partial charge >= 0.3 is 5.97 Å². The van der Waals surface area contributed by atoms with Crippen LogP contribution in [0.3, 0.4) is 0 Å². The molecule has 0 N–H and O–H groups in total. The fourth-order valence-corrected chi connectivity index (χ4v) is 1.72. The summed E-state index contributed by atoms with van der Waals surface area (Å²) in [6, 6.07) is 4.20. The molecule has 1 aromatic carbocycles. The molecule has 0 aliphatic rings. The van der Waals surface area contributed by atoms with Crippen molar-refractivity contribution in [2.75, 3.05) is 7.11 Å². The molecule has 0 radical (unpaired) electrons. The fourth-order valence-electron chi connectivity index (χ4n) is 1.39. The smallest absolute Gasteiger partial charge is 0.308 e. The molecule has 17 heavy (non-hydrogen) atoms. The van der Waals surface area contributed by atoms with Gasteiger partial charge in [-0.15, -0.1) is 0 Å². The van der Waals surface area contributed by atoms with Crippen molar-refractivity contribution < 1.29 is 18.7 Å². The van der Waals surface area contributed by atoms with E-state index in [-0.39, 0.29) is 12.0 Å². The van der Waals surface area contributed by atoms with Gasteiger partial charge in [0.05, 0.1) is 18.6 Å². The molecule has 0 bridgehead atoms. The lowest BCUT2D eigenvalue weighted by Gasteiger charge is -2.08. The average molecular weight is 303 g/mol. The van der Waals surface area contributed by atoms with Crippen molar-refractivity contribution in [1.29, 1.82) is 0 Å². The molecule has 0 saturated heterocycles. The summed E-state index contributed by atoms with van der Waals surface area (Å²) < 4.78 is 18.5. The Morgan fingerprint density at radius 3 is 2.65 bits per heavy atom. The minimum atomic E-state index is -0.596. The van der Waals surface area contributed by atoms with Crippen LogP contribution in [0.15, 0.2) is 22.7 Å². The molecule has 5 heteroatoms. The third-order valence-electron chi connectivity index (χ3n) is 2.33. The number of hydrogen-bond acceptors (Lipinski definition) is 3. The van der Waals surface area contributed by atoms with E-state index in [4.69, 9.17) is 0 Å². The van der Waals surface area contributed by atoms with Crippen LogP contribution in [0.4, 0.5) is 4.39 Å². The summed E-state index contributed by atoms with van der Waals surface area (Å²) in [5.74, 6) is -2.05. The Morgan fingerprint density at radius 1 is 1.47 bits per heavy atom. The molecule has 0 aliphatic carbocycles. The van der Waals surface area contributed by atoms with Crippen LogP contribution in [0, 0.1) is 11.7 Å². The van der Waals surface area contributed by atoms with Gasteiger partial charge < -0.3 is 4.74 Å². The summed E-state index contributed by atoms with van der Waals surface area (Å²) in [6.45, 7) is 1.57. The van der Waals surface area contributed by atoms with Crippen LogP contribution in [-0.4, -0.2) is 18.9 Å². The summed E-state index contributed by atoms with van der Waals surface area (Å²) in [7, 11) is 1.25. The molecule has 0 spiro atoms. The van der Waals surface area contributed by atoms with Crippen molar-refractivity contribution in [3.63, 3.8) is 0 Å². The quantitative estimate of drug-likeness (QED) is 0.634. The second-order valence-corrected chi connectivity index (χ2v) is 4.59. The zero-order chi connectivity index (χ0) is 13.0. The first-order chi connectivity index (χ1) is 7.95. The first-order valence-electron chi connectivity index (χ1n) is 5.01. The number of ketones is 1. The van der Waals surface area contributed by atoms with Crippen molar-refractivity contribution in [2.24, 2.45) is 5.92 Å². The van der Waals surface area contributed by atoms with Crippen molar-refractivity contribution >= 4 is 27.7 Å². The monoisotopic (exact) mass is 302 g/mol. The van der Waals surface area contributed by atoms with Crippen LogP contribution in [-0.2, 0) is 9.53 Å². The Morgan fingerprint density at radius 2 is 2.12 bits per heavy atom. The zero-order valence-electron chi connectivity index (χ0n) is 9.50. The van der Waals surface area contributed by atoms with E-state index in [0.29, 0.717) is 4.47 Å². The fraction of sp³-hybridized carbons (Fsp3) is 0.333. The molecule has 0 fully saturated rings. The molecule has 0 aromatic heterocycles. The highest BCUT2D eigenvalue weighted by Gasteiger charge is 2.20. The zero-order valence-corrected chi connectivity index (χ0v) is 11.1. The Balaban J connectivity index is 2.80. The molecular weight excluding hydrogens is 291 g/mol. The number of ether oxygens (including phenoxy) is 1. The number of carbonyl (C=O) groups excluding carboxylic acids is 2. The largest absolute Gasteiger partial charge is 0.469 e. The topological polar surface area (TPSA) is 43.4 Å². The van der Waals surface area contributed by atoms with Crippen molar-refractivity contribution in [3.05, 3.63) is 34.1 Å². The third kappa shape index (κ3) is 3.63. The van der Waals surface area contributed by atoms with Crippen LogP contribution in [0.1, 0.15) is 23.7 Å². The van der Waals surface area contributed by atoms with E-state index in [9.17, 15) is 14.0 Å². The first kappa shape index (κ1) is 13.8. The minimum Gasteiger partial charge on any atom is -0.469 e.